The lowest BCUT2D eigenvalue weighted by atomic mass is 10.2. The lowest BCUT2D eigenvalue weighted by molar-refractivity contribution is -0.120. The van der Waals surface area contributed by atoms with E-state index in [1.807, 2.05) is 6.92 Å². The monoisotopic (exact) mass is 254 g/mol. The van der Waals surface area contributed by atoms with Crippen LogP contribution in [-0.2, 0) is 9.53 Å². The Balaban J connectivity index is 2.66. The summed E-state index contributed by atoms with van der Waals surface area (Å²) in [6.45, 7) is 2.65. The molecule has 4 nitrogen and oxygen atoms in total. The average Bonchev–Trinajstić information content (AvgIpc) is 2.37. The minimum atomic E-state index is -0.368. The molecule has 0 heterocycles. The Morgan fingerprint density at radius 3 is 2.83 bits per heavy atom. The van der Waals surface area contributed by atoms with Crippen LogP contribution < -0.4 is 10.6 Å². The molecular formula is C13H19FN2O2. The second-order valence-electron chi connectivity index (χ2n) is 3.95. The first kappa shape index (κ1) is 14.6. The van der Waals surface area contributed by atoms with Gasteiger partial charge in [-0.05, 0) is 25.1 Å². The van der Waals surface area contributed by atoms with Crippen LogP contribution in [0, 0.1) is 5.82 Å². The molecule has 0 radical (unpaired) electrons. The molecule has 0 aromatic heterocycles. The van der Waals surface area contributed by atoms with Gasteiger partial charge in [-0.2, -0.15) is 0 Å². The number of carbonyl (C=O) groups excluding carboxylic acids is 1. The number of hydrogen-bond acceptors (Lipinski definition) is 3. The van der Waals surface area contributed by atoms with Gasteiger partial charge < -0.3 is 15.4 Å². The molecule has 1 aromatic rings. The maximum atomic E-state index is 13.1. The summed E-state index contributed by atoms with van der Waals surface area (Å²) >= 11 is 0. The summed E-state index contributed by atoms with van der Waals surface area (Å²) in [6, 6.07) is 5.90. The predicted molar refractivity (Wildman–Crippen MR) is 68.9 cm³/mol. The van der Waals surface area contributed by atoms with Crippen molar-refractivity contribution in [3.05, 3.63) is 30.1 Å². The van der Waals surface area contributed by atoms with E-state index in [-0.39, 0.29) is 30.8 Å². The molecule has 0 aliphatic rings. The van der Waals surface area contributed by atoms with Gasteiger partial charge in [0.2, 0.25) is 5.91 Å². The van der Waals surface area contributed by atoms with Crippen molar-refractivity contribution in [3.63, 3.8) is 0 Å². The van der Waals surface area contributed by atoms with Crippen LogP contribution in [0.3, 0.4) is 0 Å². The largest absolute Gasteiger partial charge is 0.377 e. The van der Waals surface area contributed by atoms with Crippen LogP contribution in [0.1, 0.15) is 13.3 Å². The van der Waals surface area contributed by atoms with Crippen LogP contribution in [0.4, 0.5) is 10.1 Å². The van der Waals surface area contributed by atoms with Gasteiger partial charge in [0.25, 0.3) is 0 Å². The van der Waals surface area contributed by atoms with Crippen LogP contribution in [0.15, 0.2) is 24.3 Å². The van der Waals surface area contributed by atoms with E-state index in [0.29, 0.717) is 12.3 Å². The number of carbonyl (C=O) groups is 1. The summed E-state index contributed by atoms with van der Waals surface area (Å²) in [6.07, 6.45) is -0.101. The maximum Gasteiger partial charge on any atom is 0.229 e. The Bertz CT molecular complexity index is 398. The SMILES string of the molecule is CCOC(CN)CC(=O)N(C)c1cccc(F)c1. The third-order valence-electron chi connectivity index (χ3n) is 2.64. The van der Waals surface area contributed by atoms with Gasteiger partial charge in [-0.25, -0.2) is 4.39 Å². The molecule has 0 saturated carbocycles. The first-order chi connectivity index (χ1) is 8.58. The standard InChI is InChI=1S/C13H19FN2O2/c1-3-18-12(9-15)8-13(17)16(2)11-6-4-5-10(14)7-11/h4-7,12H,3,8-9,15H2,1-2H3. The fourth-order valence-corrected chi connectivity index (χ4v) is 1.61. The Morgan fingerprint density at radius 1 is 1.56 bits per heavy atom. The van der Waals surface area contributed by atoms with Crippen molar-refractivity contribution in [2.45, 2.75) is 19.4 Å². The van der Waals surface area contributed by atoms with Crippen LogP contribution in [0.25, 0.3) is 0 Å². The van der Waals surface area contributed by atoms with E-state index in [0.717, 1.165) is 0 Å². The van der Waals surface area contributed by atoms with Crippen molar-refractivity contribution in [2.75, 3.05) is 25.1 Å². The molecule has 0 aliphatic heterocycles. The van der Waals surface area contributed by atoms with Gasteiger partial charge in [0.15, 0.2) is 0 Å². The number of nitrogens with two attached hydrogens (primary N) is 1. The smallest absolute Gasteiger partial charge is 0.229 e. The first-order valence-electron chi connectivity index (χ1n) is 5.92. The molecule has 18 heavy (non-hydrogen) atoms. The van der Waals surface area contributed by atoms with Crippen molar-refractivity contribution < 1.29 is 13.9 Å². The molecule has 2 N–H and O–H groups in total. The Hall–Kier alpha value is -1.46. The number of benzene rings is 1. The Morgan fingerprint density at radius 2 is 2.28 bits per heavy atom. The van der Waals surface area contributed by atoms with E-state index in [4.69, 9.17) is 10.5 Å². The van der Waals surface area contributed by atoms with E-state index in [2.05, 4.69) is 0 Å². The first-order valence-corrected chi connectivity index (χ1v) is 5.92. The summed E-state index contributed by atoms with van der Waals surface area (Å²) < 4.78 is 18.4. The molecule has 1 aromatic carbocycles. The van der Waals surface area contributed by atoms with Gasteiger partial charge in [0, 0.05) is 25.9 Å². The van der Waals surface area contributed by atoms with Crippen LogP contribution >= 0.6 is 0 Å². The molecule has 0 aliphatic carbocycles. The topological polar surface area (TPSA) is 55.6 Å². The second kappa shape index (κ2) is 7.08. The fraction of sp³-hybridized carbons (Fsp3) is 0.462. The number of anilines is 1. The Labute approximate surface area is 107 Å². The number of hydrogen-bond donors (Lipinski definition) is 1. The zero-order chi connectivity index (χ0) is 13.5. The molecular weight excluding hydrogens is 235 g/mol. The number of halogens is 1. The summed E-state index contributed by atoms with van der Waals surface area (Å²) in [7, 11) is 1.61. The lowest BCUT2D eigenvalue weighted by Crippen LogP contribution is -2.34. The maximum absolute atomic E-state index is 13.1. The predicted octanol–water partition coefficient (Wildman–Crippen LogP) is 1.54. The van der Waals surface area contributed by atoms with E-state index < -0.39 is 0 Å². The summed E-state index contributed by atoms with van der Waals surface area (Å²) in [5.74, 6) is -0.517. The molecule has 100 valence electrons. The van der Waals surface area contributed by atoms with Crippen molar-refractivity contribution in [3.8, 4) is 0 Å². The zero-order valence-electron chi connectivity index (χ0n) is 10.7. The van der Waals surface area contributed by atoms with E-state index in [9.17, 15) is 9.18 Å². The molecule has 0 bridgehead atoms. The van der Waals surface area contributed by atoms with Gasteiger partial charge in [0.1, 0.15) is 5.82 Å². The molecule has 1 atom stereocenters. The fourth-order valence-electron chi connectivity index (χ4n) is 1.61. The molecule has 0 spiro atoms. The van der Waals surface area contributed by atoms with Crippen LogP contribution in [-0.4, -0.2) is 32.2 Å². The second-order valence-corrected chi connectivity index (χ2v) is 3.95. The summed E-state index contributed by atoms with van der Waals surface area (Å²) in [5.41, 5.74) is 6.03. The molecule has 0 saturated heterocycles. The van der Waals surface area contributed by atoms with Gasteiger partial charge in [-0.15, -0.1) is 0 Å². The highest BCUT2D eigenvalue weighted by Gasteiger charge is 2.17. The number of rotatable bonds is 6. The van der Waals surface area contributed by atoms with Gasteiger partial charge in [-0.3, -0.25) is 4.79 Å². The third-order valence-corrected chi connectivity index (χ3v) is 2.64. The van der Waals surface area contributed by atoms with E-state index >= 15 is 0 Å². The molecule has 1 rings (SSSR count). The number of amides is 1. The van der Waals surface area contributed by atoms with E-state index in [1.54, 1.807) is 19.2 Å². The average molecular weight is 254 g/mol. The number of ether oxygens (including phenoxy) is 1. The van der Waals surface area contributed by atoms with Gasteiger partial charge in [-0.1, -0.05) is 6.07 Å². The highest BCUT2D eigenvalue weighted by atomic mass is 19.1. The highest BCUT2D eigenvalue weighted by molar-refractivity contribution is 5.93. The van der Waals surface area contributed by atoms with Crippen molar-refractivity contribution in [1.82, 2.24) is 0 Å². The lowest BCUT2D eigenvalue weighted by Gasteiger charge is -2.21. The molecule has 0 fully saturated rings. The summed E-state index contributed by atoms with van der Waals surface area (Å²) in [4.78, 5) is 13.4. The van der Waals surface area contributed by atoms with Crippen molar-refractivity contribution in [2.24, 2.45) is 5.73 Å². The zero-order valence-corrected chi connectivity index (χ0v) is 10.7. The van der Waals surface area contributed by atoms with Gasteiger partial charge in [0.05, 0.1) is 12.5 Å². The van der Waals surface area contributed by atoms with Gasteiger partial charge >= 0.3 is 0 Å². The van der Waals surface area contributed by atoms with Crippen molar-refractivity contribution in [1.29, 1.82) is 0 Å². The Kier molecular flexibility index (Phi) is 5.74. The normalized spacial score (nSPS) is 12.2. The summed E-state index contributed by atoms with van der Waals surface area (Å²) in [5, 5.41) is 0. The minimum Gasteiger partial charge on any atom is -0.377 e. The van der Waals surface area contributed by atoms with Crippen LogP contribution in [0.5, 0.6) is 0 Å². The highest BCUT2D eigenvalue weighted by Crippen LogP contribution is 2.15. The van der Waals surface area contributed by atoms with E-state index in [1.165, 1.54) is 17.0 Å². The minimum absolute atomic E-state index is 0.149. The van der Waals surface area contributed by atoms with Crippen molar-refractivity contribution >= 4 is 11.6 Å². The number of nitrogens with zero attached hydrogens (tertiary/aromatic N) is 1. The van der Waals surface area contributed by atoms with Crippen LogP contribution in [0.2, 0.25) is 0 Å². The molecule has 1 amide bonds. The third kappa shape index (κ3) is 4.09. The molecule has 5 heteroatoms. The molecule has 1 unspecified atom stereocenters. The quantitative estimate of drug-likeness (QED) is 0.837.